The molecule has 6 nitrogen and oxygen atoms in total. The second-order valence-corrected chi connectivity index (χ2v) is 11.0. The zero-order valence-corrected chi connectivity index (χ0v) is 22.5. The van der Waals surface area contributed by atoms with E-state index in [0.717, 1.165) is 34.3 Å². The number of benzene rings is 4. The summed E-state index contributed by atoms with van der Waals surface area (Å²) in [4.78, 5) is 19.9. The van der Waals surface area contributed by atoms with Crippen LogP contribution in [0.3, 0.4) is 0 Å². The van der Waals surface area contributed by atoms with E-state index in [9.17, 15) is 9.90 Å². The first kappa shape index (κ1) is 24.4. The van der Waals surface area contributed by atoms with E-state index in [1.54, 1.807) is 10.6 Å². The first-order chi connectivity index (χ1) is 19.6. The smallest absolute Gasteiger partial charge is 0.263 e. The molecule has 7 rings (SSSR count). The van der Waals surface area contributed by atoms with Crippen molar-refractivity contribution in [2.45, 2.75) is 25.8 Å². The minimum absolute atomic E-state index is 0.103. The van der Waals surface area contributed by atoms with Gasteiger partial charge in [0.25, 0.3) is 5.56 Å². The monoisotopic (exact) mass is 546 g/mol. The summed E-state index contributed by atoms with van der Waals surface area (Å²) < 4.78 is 13.5. The lowest BCUT2D eigenvalue weighted by Gasteiger charge is -2.13. The Balaban J connectivity index is 1.36. The quantitative estimate of drug-likeness (QED) is 0.248. The Morgan fingerprint density at radius 2 is 1.55 bits per heavy atom. The van der Waals surface area contributed by atoms with Gasteiger partial charge in [-0.1, -0.05) is 66.7 Å². The molecule has 40 heavy (non-hydrogen) atoms. The molecule has 1 aliphatic rings. The Morgan fingerprint density at radius 1 is 0.800 bits per heavy atom. The Hall–Kier alpha value is -4.62. The molecule has 0 aliphatic carbocycles. The van der Waals surface area contributed by atoms with Crippen LogP contribution in [0.15, 0.2) is 95.8 Å². The van der Waals surface area contributed by atoms with Crippen LogP contribution < -0.4 is 15.0 Å². The summed E-state index contributed by atoms with van der Waals surface area (Å²) in [5.74, 6) is 2.29. The molecule has 0 fully saturated rings. The van der Waals surface area contributed by atoms with E-state index in [4.69, 9.17) is 14.5 Å². The number of aryl methyl sites for hydroxylation is 2. The van der Waals surface area contributed by atoms with Crippen molar-refractivity contribution < 1.29 is 14.6 Å². The molecule has 0 amide bonds. The minimum Gasteiger partial charge on any atom is -0.506 e. The highest BCUT2D eigenvalue weighted by Gasteiger charge is 2.20. The predicted octanol–water partition coefficient (Wildman–Crippen LogP) is 6.47. The molecule has 3 heterocycles. The van der Waals surface area contributed by atoms with Gasteiger partial charge in [-0.3, -0.25) is 9.36 Å². The zero-order chi connectivity index (χ0) is 27.1. The van der Waals surface area contributed by atoms with Crippen LogP contribution in [0.25, 0.3) is 20.3 Å². The third kappa shape index (κ3) is 4.58. The topological polar surface area (TPSA) is 73.6 Å². The molecular formula is C33H26N2O4S. The largest absolute Gasteiger partial charge is 0.506 e. The number of aromatic hydroxyl groups is 1. The molecule has 0 saturated carbocycles. The van der Waals surface area contributed by atoms with Gasteiger partial charge in [0, 0.05) is 11.8 Å². The Kier molecular flexibility index (Phi) is 6.21. The van der Waals surface area contributed by atoms with Crippen molar-refractivity contribution in [3.05, 3.63) is 129 Å². The van der Waals surface area contributed by atoms with E-state index in [1.165, 1.54) is 16.9 Å². The highest BCUT2D eigenvalue weighted by molar-refractivity contribution is 7.25. The summed E-state index contributed by atoms with van der Waals surface area (Å²) in [6.45, 7) is 0.555. The van der Waals surface area contributed by atoms with Gasteiger partial charge in [0.1, 0.15) is 16.4 Å². The molecule has 6 aromatic rings. The van der Waals surface area contributed by atoms with Crippen LogP contribution in [0, 0.1) is 0 Å². The van der Waals surface area contributed by atoms with E-state index in [-0.39, 0.29) is 18.1 Å². The molecule has 1 N–H and O–H groups in total. The first-order valence-electron chi connectivity index (χ1n) is 13.3. The van der Waals surface area contributed by atoms with E-state index in [2.05, 4.69) is 24.3 Å². The Labute approximate surface area is 234 Å². The Morgan fingerprint density at radius 3 is 2.35 bits per heavy atom. The summed E-state index contributed by atoms with van der Waals surface area (Å²) in [5.41, 5.74) is 4.10. The molecule has 7 heteroatoms. The van der Waals surface area contributed by atoms with Crippen molar-refractivity contribution >= 4 is 31.6 Å². The van der Waals surface area contributed by atoms with Gasteiger partial charge in [0.15, 0.2) is 11.5 Å². The number of nitrogens with zero attached hydrogens (tertiary/aromatic N) is 2. The molecule has 0 saturated heterocycles. The van der Waals surface area contributed by atoms with Gasteiger partial charge in [-0.25, -0.2) is 4.98 Å². The van der Waals surface area contributed by atoms with Crippen molar-refractivity contribution in [2.75, 3.05) is 6.79 Å². The van der Waals surface area contributed by atoms with Crippen molar-refractivity contribution in [1.82, 2.24) is 9.55 Å². The van der Waals surface area contributed by atoms with Gasteiger partial charge in [0.05, 0.1) is 16.6 Å². The first-order valence-corrected chi connectivity index (χ1v) is 14.1. The number of thiophene rings is 1. The maximum Gasteiger partial charge on any atom is 0.263 e. The van der Waals surface area contributed by atoms with Crippen LogP contribution in [0.5, 0.6) is 17.2 Å². The molecular weight excluding hydrogens is 520 g/mol. The number of ether oxygens (including phenoxy) is 2. The lowest BCUT2D eigenvalue weighted by atomic mass is 10.0. The number of phenolic OH excluding ortho intramolecular Hbond substituents is 1. The van der Waals surface area contributed by atoms with Crippen LogP contribution in [0.1, 0.15) is 28.1 Å². The van der Waals surface area contributed by atoms with Gasteiger partial charge < -0.3 is 14.6 Å². The lowest BCUT2D eigenvalue weighted by molar-refractivity contribution is 0.174. The normalized spacial score (nSPS) is 12.4. The summed E-state index contributed by atoms with van der Waals surface area (Å²) in [7, 11) is 0. The van der Waals surface area contributed by atoms with Gasteiger partial charge in [0.2, 0.25) is 6.79 Å². The number of hydrogen-bond acceptors (Lipinski definition) is 6. The maximum absolute atomic E-state index is 14.2. The van der Waals surface area contributed by atoms with Crippen LogP contribution in [-0.2, 0) is 25.8 Å². The van der Waals surface area contributed by atoms with Crippen molar-refractivity contribution in [2.24, 2.45) is 0 Å². The number of aromatic nitrogens is 2. The van der Waals surface area contributed by atoms with E-state index >= 15 is 0 Å². The summed E-state index contributed by atoms with van der Waals surface area (Å²) >= 11 is 1.37. The molecule has 0 bridgehead atoms. The highest BCUT2D eigenvalue weighted by atomic mass is 32.1. The van der Waals surface area contributed by atoms with E-state index in [1.807, 2.05) is 60.7 Å². The summed E-state index contributed by atoms with van der Waals surface area (Å²) in [6, 6.07) is 29.9. The highest BCUT2D eigenvalue weighted by Crippen LogP contribution is 2.38. The molecule has 4 aromatic carbocycles. The van der Waals surface area contributed by atoms with Gasteiger partial charge in [-0.05, 0) is 59.4 Å². The fourth-order valence-electron chi connectivity index (χ4n) is 5.35. The van der Waals surface area contributed by atoms with Crippen LogP contribution in [-0.4, -0.2) is 21.5 Å². The second kappa shape index (κ2) is 10.2. The number of rotatable bonds is 7. The molecule has 0 radical (unpaired) electrons. The summed E-state index contributed by atoms with van der Waals surface area (Å²) in [6.07, 6.45) is 2.03. The van der Waals surface area contributed by atoms with Crippen LogP contribution in [0.4, 0.5) is 0 Å². The Bertz CT molecular complexity index is 1910. The predicted molar refractivity (Wildman–Crippen MR) is 158 cm³/mol. The fraction of sp³-hybridized carbons (Fsp3) is 0.152. The maximum atomic E-state index is 14.2. The van der Waals surface area contributed by atoms with Gasteiger partial charge in [-0.2, -0.15) is 0 Å². The standard InChI is InChI=1S/C33H26N2O4S/c36-26-17-24(15-22-9-5-2-6-10-22)16-25-30-32(40-31(25)26)34-29(14-12-21-7-3-1-4-8-21)35(33(30)37)19-23-11-13-27-28(18-23)39-20-38-27/h1-11,13,16-18,36H,12,14-15,19-20H2. The van der Waals surface area contributed by atoms with Gasteiger partial charge >= 0.3 is 0 Å². The molecule has 198 valence electrons. The van der Waals surface area contributed by atoms with Crippen molar-refractivity contribution in [3.63, 3.8) is 0 Å². The third-order valence-corrected chi connectivity index (χ3v) is 8.44. The van der Waals surface area contributed by atoms with E-state index in [0.29, 0.717) is 45.8 Å². The summed E-state index contributed by atoms with van der Waals surface area (Å²) in [5, 5.41) is 12.3. The second-order valence-electron chi connectivity index (χ2n) is 10.0. The fourth-order valence-corrected chi connectivity index (χ4v) is 6.43. The number of phenols is 1. The molecule has 0 atom stereocenters. The number of hydrogen-bond donors (Lipinski definition) is 1. The third-order valence-electron chi connectivity index (χ3n) is 7.32. The van der Waals surface area contributed by atoms with Crippen molar-refractivity contribution in [3.8, 4) is 17.2 Å². The minimum atomic E-state index is -0.103. The molecule has 0 unspecified atom stereocenters. The van der Waals surface area contributed by atoms with E-state index < -0.39 is 0 Å². The van der Waals surface area contributed by atoms with Gasteiger partial charge in [-0.15, -0.1) is 11.3 Å². The lowest BCUT2D eigenvalue weighted by Crippen LogP contribution is -2.26. The molecule has 2 aromatic heterocycles. The average Bonchev–Trinajstić information content (AvgIpc) is 3.59. The van der Waals surface area contributed by atoms with Crippen molar-refractivity contribution in [1.29, 1.82) is 0 Å². The van der Waals surface area contributed by atoms with Crippen LogP contribution >= 0.6 is 11.3 Å². The number of fused-ring (bicyclic) bond motifs is 4. The zero-order valence-electron chi connectivity index (χ0n) is 21.7. The SMILES string of the molecule is O=c1c2c(nc(CCc3ccccc3)n1Cc1ccc3c(c1)OCO3)sc1c(O)cc(Cc3ccccc3)cc12. The average molecular weight is 547 g/mol. The van der Waals surface area contributed by atoms with Crippen LogP contribution in [0.2, 0.25) is 0 Å². The molecule has 0 spiro atoms. The molecule has 1 aliphatic heterocycles.